The number of hydrazine groups is 1. The molecular formula is C12H15N7O2. The molecule has 2 aromatic heterocycles. The Labute approximate surface area is 121 Å². The molecule has 2 aromatic rings. The molecule has 21 heavy (non-hydrogen) atoms. The number of pyridine rings is 1. The lowest BCUT2D eigenvalue weighted by atomic mass is 10.2. The molecule has 9 heteroatoms. The maximum Gasteiger partial charge on any atom is 0.329 e. The van der Waals surface area contributed by atoms with Crippen molar-refractivity contribution in [1.29, 1.82) is 0 Å². The Balaban J connectivity index is 2.17. The highest BCUT2D eigenvalue weighted by atomic mass is 16.6. The lowest BCUT2D eigenvalue weighted by Crippen LogP contribution is -2.23. The number of anilines is 2. The molecule has 0 spiro atoms. The second-order valence-electron chi connectivity index (χ2n) is 4.33. The van der Waals surface area contributed by atoms with Gasteiger partial charge in [-0.25, -0.2) is 10.8 Å². The highest BCUT2D eigenvalue weighted by Crippen LogP contribution is 2.25. The van der Waals surface area contributed by atoms with Gasteiger partial charge in [0, 0.05) is 26.0 Å². The van der Waals surface area contributed by atoms with E-state index in [2.05, 4.69) is 20.4 Å². The second kappa shape index (κ2) is 6.57. The van der Waals surface area contributed by atoms with Crippen LogP contribution in [0.3, 0.4) is 0 Å². The van der Waals surface area contributed by atoms with Gasteiger partial charge < -0.3 is 4.90 Å². The minimum absolute atomic E-state index is 0.131. The third kappa shape index (κ3) is 3.60. The van der Waals surface area contributed by atoms with E-state index >= 15 is 0 Å². The molecule has 0 fully saturated rings. The van der Waals surface area contributed by atoms with Crippen molar-refractivity contribution in [2.24, 2.45) is 5.84 Å². The summed E-state index contributed by atoms with van der Waals surface area (Å²) >= 11 is 0. The van der Waals surface area contributed by atoms with Crippen LogP contribution >= 0.6 is 0 Å². The quantitative estimate of drug-likeness (QED) is 0.453. The zero-order valence-corrected chi connectivity index (χ0v) is 11.4. The van der Waals surface area contributed by atoms with E-state index in [4.69, 9.17) is 5.84 Å². The van der Waals surface area contributed by atoms with Crippen LogP contribution in [0.2, 0.25) is 0 Å². The van der Waals surface area contributed by atoms with Crippen molar-refractivity contribution in [3.05, 3.63) is 46.4 Å². The molecule has 0 radical (unpaired) electrons. The van der Waals surface area contributed by atoms with Crippen molar-refractivity contribution in [1.82, 2.24) is 15.0 Å². The molecule has 0 unspecified atom stereocenters. The van der Waals surface area contributed by atoms with E-state index in [0.717, 1.165) is 11.8 Å². The number of hydrogen-bond donors (Lipinski definition) is 2. The van der Waals surface area contributed by atoms with Crippen LogP contribution in [-0.2, 0) is 6.42 Å². The molecule has 9 nitrogen and oxygen atoms in total. The Kier molecular flexibility index (Phi) is 4.57. The van der Waals surface area contributed by atoms with Gasteiger partial charge >= 0.3 is 5.69 Å². The smallest absolute Gasteiger partial charge is 0.329 e. The van der Waals surface area contributed by atoms with Crippen molar-refractivity contribution in [2.45, 2.75) is 6.42 Å². The average Bonchev–Trinajstić information content (AvgIpc) is 2.52. The average molecular weight is 289 g/mol. The first-order valence-corrected chi connectivity index (χ1v) is 6.20. The monoisotopic (exact) mass is 289 g/mol. The van der Waals surface area contributed by atoms with E-state index < -0.39 is 4.92 Å². The summed E-state index contributed by atoms with van der Waals surface area (Å²) in [4.78, 5) is 24.0. The first-order valence-electron chi connectivity index (χ1n) is 6.20. The second-order valence-corrected chi connectivity index (χ2v) is 4.33. The Hall–Kier alpha value is -2.81. The van der Waals surface area contributed by atoms with E-state index in [1.807, 2.05) is 12.1 Å². The van der Waals surface area contributed by atoms with Crippen LogP contribution in [0.25, 0.3) is 0 Å². The fraction of sp³-hybridized carbons (Fsp3) is 0.250. The molecular weight excluding hydrogens is 274 g/mol. The molecule has 0 aliphatic rings. The van der Waals surface area contributed by atoms with Gasteiger partial charge in [0.15, 0.2) is 0 Å². The predicted octanol–water partition coefficient (Wildman–Crippen LogP) is 0.744. The highest BCUT2D eigenvalue weighted by molar-refractivity contribution is 5.58. The largest absolute Gasteiger partial charge is 0.353 e. The van der Waals surface area contributed by atoms with E-state index in [-0.39, 0.29) is 17.5 Å². The summed E-state index contributed by atoms with van der Waals surface area (Å²) < 4.78 is 0. The minimum atomic E-state index is -0.515. The first-order chi connectivity index (χ1) is 10.1. The first kappa shape index (κ1) is 14.6. The lowest BCUT2D eigenvalue weighted by molar-refractivity contribution is -0.384. The third-order valence-corrected chi connectivity index (χ3v) is 2.92. The molecule has 0 aliphatic heterocycles. The Morgan fingerprint density at radius 3 is 2.76 bits per heavy atom. The van der Waals surface area contributed by atoms with Crippen LogP contribution in [0.15, 0.2) is 30.7 Å². The van der Waals surface area contributed by atoms with Crippen LogP contribution < -0.4 is 16.2 Å². The van der Waals surface area contributed by atoms with Gasteiger partial charge in [-0.15, -0.1) is 0 Å². The standard InChI is InChI=1S/C12H15N7O2/c1-18(7-4-9-2-5-14-6-3-9)11-10(19(20)21)8-15-12(16-11)17-13/h2-3,5-6,8H,4,7,13H2,1H3,(H,15,16,17). The molecule has 2 heterocycles. The fourth-order valence-electron chi connectivity index (χ4n) is 1.80. The summed E-state index contributed by atoms with van der Waals surface area (Å²) in [5, 5.41) is 11.0. The molecule has 0 saturated carbocycles. The number of nitrogens with zero attached hydrogens (tertiary/aromatic N) is 5. The van der Waals surface area contributed by atoms with Gasteiger partial charge in [-0.2, -0.15) is 4.98 Å². The van der Waals surface area contributed by atoms with Gasteiger partial charge in [-0.1, -0.05) is 0 Å². The van der Waals surface area contributed by atoms with E-state index in [9.17, 15) is 10.1 Å². The SMILES string of the molecule is CN(CCc1ccncc1)c1nc(NN)ncc1[N+](=O)[O-]. The molecule has 0 saturated heterocycles. The molecule has 3 N–H and O–H groups in total. The molecule has 0 bridgehead atoms. The van der Waals surface area contributed by atoms with E-state index in [1.54, 1.807) is 24.3 Å². The molecule has 0 aromatic carbocycles. The number of rotatable bonds is 6. The number of nitrogen functional groups attached to an aromatic ring is 1. The number of nitro groups is 1. The fourth-order valence-corrected chi connectivity index (χ4v) is 1.80. The highest BCUT2D eigenvalue weighted by Gasteiger charge is 2.20. The molecule has 0 aliphatic carbocycles. The van der Waals surface area contributed by atoms with Crippen molar-refractivity contribution in [2.75, 3.05) is 23.9 Å². The van der Waals surface area contributed by atoms with Gasteiger partial charge in [0.25, 0.3) is 0 Å². The molecule has 110 valence electrons. The predicted molar refractivity (Wildman–Crippen MR) is 77.7 cm³/mol. The molecule has 2 rings (SSSR count). The van der Waals surface area contributed by atoms with Crippen molar-refractivity contribution >= 4 is 17.5 Å². The topological polar surface area (TPSA) is 123 Å². The van der Waals surface area contributed by atoms with Gasteiger partial charge in [0.1, 0.15) is 6.20 Å². The zero-order valence-electron chi connectivity index (χ0n) is 11.4. The number of aromatic nitrogens is 3. The maximum absolute atomic E-state index is 11.0. The summed E-state index contributed by atoms with van der Waals surface area (Å²) in [7, 11) is 1.73. The maximum atomic E-state index is 11.0. The minimum Gasteiger partial charge on any atom is -0.353 e. The van der Waals surface area contributed by atoms with E-state index in [0.29, 0.717) is 13.0 Å². The van der Waals surface area contributed by atoms with Crippen LogP contribution in [0.1, 0.15) is 5.56 Å². The van der Waals surface area contributed by atoms with Crippen molar-refractivity contribution < 1.29 is 4.92 Å². The number of hydrogen-bond acceptors (Lipinski definition) is 8. The van der Waals surface area contributed by atoms with Gasteiger partial charge in [0.2, 0.25) is 11.8 Å². The third-order valence-electron chi connectivity index (χ3n) is 2.92. The normalized spacial score (nSPS) is 10.2. The van der Waals surface area contributed by atoms with Crippen LogP contribution in [0, 0.1) is 10.1 Å². The summed E-state index contributed by atoms with van der Waals surface area (Å²) in [6.45, 7) is 0.561. The summed E-state index contributed by atoms with van der Waals surface area (Å²) in [5.74, 6) is 5.59. The van der Waals surface area contributed by atoms with Gasteiger partial charge in [0.05, 0.1) is 4.92 Å². The van der Waals surface area contributed by atoms with Gasteiger partial charge in [-0.05, 0) is 24.1 Å². The number of nitrogens with one attached hydrogen (secondary N) is 1. The summed E-state index contributed by atoms with van der Waals surface area (Å²) in [6.07, 6.45) is 5.27. The van der Waals surface area contributed by atoms with Crippen molar-refractivity contribution in [3.8, 4) is 0 Å². The number of likely N-dealkylation sites (N-methyl/N-ethyl adjacent to an activating group) is 1. The Morgan fingerprint density at radius 1 is 1.43 bits per heavy atom. The van der Waals surface area contributed by atoms with Gasteiger partial charge in [-0.3, -0.25) is 20.5 Å². The summed E-state index contributed by atoms with van der Waals surface area (Å²) in [6, 6.07) is 3.80. The lowest BCUT2D eigenvalue weighted by Gasteiger charge is -2.18. The molecule has 0 atom stereocenters. The Bertz CT molecular complexity index is 620. The zero-order chi connectivity index (χ0) is 15.2. The van der Waals surface area contributed by atoms with Crippen LogP contribution in [0.5, 0.6) is 0 Å². The summed E-state index contributed by atoms with van der Waals surface area (Å²) in [5.41, 5.74) is 3.21. The van der Waals surface area contributed by atoms with Crippen molar-refractivity contribution in [3.63, 3.8) is 0 Å². The Morgan fingerprint density at radius 2 is 2.14 bits per heavy atom. The van der Waals surface area contributed by atoms with Crippen LogP contribution in [-0.4, -0.2) is 33.5 Å². The van der Waals surface area contributed by atoms with Crippen LogP contribution in [0.4, 0.5) is 17.5 Å². The number of nitrogens with two attached hydrogens (primary N) is 1. The molecule has 0 amide bonds. The van der Waals surface area contributed by atoms with E-state index in [1.165, 1.54) is 0 Å².